The van der Waals surface area contributed by atoms with Crippen molar-refractivity contribution >= 4 is 45.9 Å². The van der Waals surface area contributed by atoms with Crippen molar-refractivity contribution in [2.24, 2.45) is 4.99 Å². The van der Waals surface area contributed by atoms with Crippen LogP contribution in [0.4, 0.5) is 0 Å². The molecule has 27 heavy (non-hydrogen) atoms. The summed E-state index contributed by atoms with van der Waals surface area (Å²) in [6.07, 6.45) is 4.43. The van der Waals surface area contributed by atoms with Crippen molar-refractivity contribution in [2.45, 2.75) is 50.6 Å². The molecule has 1 aliphatic carbocycles. The maximum Gasteiger partial charge on any atom is 0.191 e. The van der Waals surface area contributed by atoms with E-state index in [9.17, 15) is 0 Å². The fourth-order valence-corrected chi connectivity index (χ4v) is 4.48. The lowest BCUT2D eigenvalue weighted by atomic mass is 9.96. The summed E-state index contributed by atoms with van der Waals surface area (Å²) in [4.78, 5) is 8.91. The van der Waals surface area contributed by atoms with Crippen LogP contribution < -0.4 is 10.6 Å². The van der Waals surface area contributed by atoms with Gasteiger partial charge in [0.05, 0.1) is 6.54 Å². The lowest BCUT2D eigenvalue weighted by Crippen LogP contribution is -2.48. The van der Waals surface area contributed by atoms with Gasteiger partial charge in [-0.3, -0.25) is 4.99 Å². The third-order valence-electron chi connectivity index (χ3n) is 5.42. The normalized spacial score (nSPS) is 20.4. The molecule has 8 heteroatoms. The van der Waals surface area contributed by atoms with Gasteiger partial charge < -0.3 is 10.6 Å². The van der Waals surface area contributed by atoms with Crippen LogP contribution in [0, 0.1) is 6.92 Å². The SMILES string of the molecule is CN=C(NCC1(c2ccccc2Br)CC1)NC1CCc2nc(C)nn2C1.I. The van der Waals surface area contributed by atoms with E-state index in [1.807, 2.05) is 18.7 Å². The van der Waals surface area contributed by atoms with Crippen molar-refractivity contribution < 1.29 is 0 Å². The average molecular weight is 545 g/mol. The summed E-state index contributed by atoms with van der Waals surface area (Å²) < 4.78 is 3.22. The molecule has 2 aliphatic rings. The Hall–Kier alpha value is -1.16. The number of nitrogens with zero attached hydrogens (tertiary/aromatic N) is 4. The van der Waals surface area contributed by atoms with Crippen molar-refractivity contribution in [3.63, 3.8) is 0 Å². The van der Waals surface area contributed by atoms with Crippen molar-refractivity contribution in [3.8, 4) is 0 Å². The molecule has 1 aliphatic heterocycles. The maximum atomic E-state index is 4.48. The molecule has 0 bridgehead atoms. The number of aromatic nitrogens is 3. The Labute approximate surface area is 185 Å². The van der Waals surface area contributed by atoms with Crippen molar-refractivity contribution in [1.82, 2.24) is 25.4 Å². The number of rotatable bonds is 4. The van der Waals surface area contributed by atoms with Crippen LogP contribution in [0.2, 0.25) is 0 Å². The zero-order valence-corrected chi connectivity index (χ0v) is 19.6. The van der Waals surface area contributed by atoms with E-state index >= 15 is 0 Å². The zero-order valence-electron chi connectivity index (χ0n) is 15.7. The van der Waals surface area contributed by atoms with Gasteiger partial charge in [-0.2, -0.15) is 5.10 Å². The molecule has 0 radical (unpaired) electrons. The number of nitrogens with one attached hydrogen (secondary N) is 2. The summed E-state index contributed by atoms with van der Waals surface area (Å²) in [5.41, 5.74) is 1.61. The van der Waals surface area contributed by atoms with Crippen molar-refractivity contribution in [1.29, 1.82) is 0 Å². The molecular weight excluding hydrogens is 519 g/mol. The number of aryl methyl sites for hydroxylation is 2. The molecular formula is C19H26BrIN6. The first-order valence-corrected chi connectivity index (χ1v) is 10.0. The molecule has 1 unspecified atom stereocenters. The number of fused-ring (bicyclic) bond motifs is 1. The largest absolute Gasteiger partial charge is 0.356 e. The molecule has 2 aromatic rings. The van der Waals surface area contributed by atoms with E-state index < -0.39 is 0 Å². The Bertz CT molecular complexity index is 829. The molecule has 0 amide bonds. The second-order valence-electron chi connectivity index (χ2n) is 7.32. The fraction of sp³-hybridized carbons (Fsp3) is 0.526. The molecule has 1 fully saturated rings. The molecule has 4 rings (SSSR count). The van der Waals surface area contributed by atoms with Gasteiger partial charge >= 0.3 is 0 Å². The predicted molar refractivity (Wildman–Crippen MR) is 122 cm³/mol. The number of benzene rings is 1. The predicted octanol–water partition coefficient (Wildman–Crippen LogP) is 3.18. The van der Waals surface area contributed by atoms with Crippen LogP contribution in [-0.2, 0) is 18.4 Å². The number of guanidine groups is 1. The van der Waals surface area contributed by atoms with E-state index in [1.54, 1.807) is 0 Å². The topological polar surface area (TPSA) is 67.1 Å². The Morgan fingerprint density at radius 1 is 1.37 bits per heavy atom. The van der Waals surface area contributed by atoms with Gasteiger partial charge in [0.1, 0.15) is 11.6 Å². The highest BCUT2D eigenvalue weighted by Gasteiger charge is 2.45. The van der Waals surface area contributed by atoms with Gasteiger partial charge in [-0.05, 0) is 37.8 Å². The summed E-state index contributed by atoms with van der Waals surface area (Å²) >= 11 is 3.70. The summed E-state index contributed by atoms with van der Waals surface area (Å²) in [7, 11) is 1.83. The van der Waals surface area contributed by atoms with E-state index in [-0.39, 0.29) is 29.4 Å². The van der Waals surface area contributed by atoms with Crippen LogP contribution in [0.25, 0.3) is 0 Å². The minimum Gasteiger partial charge on any atom is -0.356 e. The van der Waals surface area contributed by atoms with Gasteiger partial charge in [-0.15, -0.1) is 24.0 Å². The molecule has 0 saturated heterocycles. The minimum absolute atomic E-state index is 0. The van der Waals surface area contributed by atoms with Crippen molar-refractivity contribution in [3.05, 3.63) is 46.0 Å². The van der Waals surface area contributed by atoms with Crippen LogP contribution >= 0.6 is 39.9 Å². The van der Waals surface area contributed by atoms with E-state index in [0.29, 0.717) is 6.04 Å². The van der Waals surface area contributed by atoms with Gasteiger partial charge in [-0.25, -0.2) is 9.67 Å². The number of aliphatic imine (C=N–C) groups is 1. The average Bonchev–Trinajstić information content (AvgIpc) is 3.33. The fourth-order valence-electron chi connectivity index (χ4n) is 3.78. The van der Waals surface area contributed by atoms with E-state index in [2.05, 4.69) is 65.9 Å². The van der Waals surface area contributed by atoms with E-state index in [4.69, 9.17) is 0 Å². The second kappa shape index (κ2) is 8.46. The third kappa shape index (κ3) is 4.47. The summed E-state index contributed by atoms with van der Waals surface area (Å²) in [5.74, 6) is 2.82. The smallest absolute Gasteiger partial charge is 0.191 e. The molecule has 1 aromatic carbocycles. The first-order valence-electron chi connectivity index (χ1n) is 9.22. The lowest BCUT2D eigenvalue weighted by Gasteiger charge is -2.26. The molecule has 1 aromatic heterocycles. The first-order chi connectivity index (χ1) is 12.6. The highest BCUT2D eigenvalue weighted by atomic mass is 127. The van der Waals surface area contributed by atoms with Crippen LogP contribution in [0.3, 0.4) is 0 Å². The molecule has 1 saturated carbocycles. The summed E-state index contributed by atoms with van der Waals surface area (Å²) in [5, 5.41) is 11.6. The molecule has 2 N–H and O–H groups in total. The Morgan fingerprint density at radius 2 is 2.15 bits per heavy atom. The van der Waals surface area contributed by atoms with Gasteiger partial charge in [0, 0.05) is 35.9 Å². The highest BCUT2D eigenvalue weighted by Crippen LogP contribution is 2.49. The van der Waals surface area contributed by atoms with Crippen LogP contribution in [0.5, 0.6) is 0 Å². The molecule has 1 atom stereocenters. The van der Waals surface area contributed by atoms with E-state index in [0.717, 1.165) is 43.5 Å². The summed E-state index contributed by atoms with van der Waals surface area (Å²) in [6, 6.07) is 8.87. The van der Waals surface area contributed by atoms with Gasteiger partial charge in [0.25, 0.3) is 0 Å². The molecule has 2 heterocycles. The van der Waals surface area contributed by atoms with Crippen LogP contribution in [-0.4, -0.2) is 40.4 Å². The van der Waals surface area contributed by atoms with Gasteiger partial charge in [0.15, 0.2) is 5.96 Å². The van der Waals surface area contributed by atoms with Crippen LogP contribution in [0.15, 0.2) is 33.7 Å². The van der Waals surface area contributed by atoms with E-state index in [1.165, 1.54) is 22.9 Å². The minimum atomic E-state index is 0. The van der Waals surface area contributed by atoms with Gasteiger partial charge in [-0.1, -0.05) is 34.1 Å². The summed E-state index contributed by atoms with van der Waals surface area (Å²) in [6.45, 7) is 3.69. The lowest BCUT2D eigenvalue weighted by molar-refractivity contribution is 0.392. The third-order valence-corrected chi connectivity index (χ3v) is 6.11. The number of hydrogen-bond acceptors (Lipinski definition) is 3. The zero-order chi connectivity index (χ0) is 18.1. The Balaban J connectivity index is 0.00000210. The standard InChI is InChI=1S/C19H25BrN6.HI/c1-13-23-17-8-7-14(11-26(17)25-13)24-18(21-2)22-12-19(9-10-19)15-5-3-4-6-16(15)20;/h3-6,14H,7-12H2,1-2H3,(H2,21,22,24);1H. The van der Waals surface area contributed by atoms with Crippen molar-refractivity contribution in [2.75, 3.05) is 13.6 Å². The molecule has 146 valence electrons. The monoisotopic (exact) mass is 544 g/mol. The first kappa shape index (κ1) is 20.6. The highest BCUT2D eigenvalue weighted by molar-refractivity contribution is 14.0. The number of hydrogen-bond donors (Lipinski definition) is 2. The molecule has 6 nitrogen and oxygen atoms in total. The number of halogens is 2. The quantitative estimate of drug-likeness (QED) is 0.352. The maximum absolute atomic E-state index is 4.48. The molecule has 0 spiro atoms. The second-order valence-corrected chi connectivity index (χ2v) is 8.18. The van der Waals surface area contributed by atoms with Crippen LogP contribution in [0.1, 0.15) is 36.5 Å². The Morgan fingerprint density at radius 3 is 2.85 bits per heavy atom. The van der Waals surface area contributed by atoms with Gasteiger partial charge in [0.2, 0.25) is 0 Å². The Kier molecular flexibility index (Phi) is 6.45.